The molecular weight excluding hydrogens is 216 g/mol. The Kier molecular flexibility index (Phi) is 4.00. The Morgan fingerprint density at radius 2 is 2.06 bits per heavy atom. The maximum atomic E-state index is 3.68. The quantitative estimate of drug-likeness (QED) is 0.870. The van der Waals surface area contributed by atoms with Crippen molar-refractivity contribution < 1.29 is 0 Å². The number of piperidine rings is 1. The smallest absolute Gasteiger partial charge is 0.0302 e. The van der Waals surface area contributed by atoms with Gasteiger partial charge in [0.1, 0.15) is 0 Å². The average Bonchev–Trinajstić information content (AvgIpc) is 2.58. The van der Waals surface area contributed by atoms with Crippen molar-refractivity contribution in [1.82, 2.24) is 10.2 Å². The number of nitrogens with zero attached hydrogens (tertiary/aromatic N) is 1. The van der Waals surface area contributed by atoms with E-state index in [1.807, 2.05) is 11.3 Å². The second-order valence-electron chi connectivity index (χ2n) is 4.91. The Balaban J connectivity index is 1.79. The van der Waals surface area contributed by atoms with Gasteiger partial charge in [0.05, 0.1) is 0 Å². The number of aryl methyl sites for hydroxylation is 2. The number of rotatable bonds is 3. The minimum absolute atomic E-state index is 0.721. The van der Waals surface area contributed by atoms with E-state index in [0.717, 1.165) is 12.6 Å². The molecule has 0 atom stereocenters. The first-order valence-corrected chi connectivity index (χ1v) is 6.94. The summed E-state index contributed by atoms with van der Waals surface area (Å²) < 4.78 is 0. The zero-order valence-corrected chi connectivity index (χ0v) is 11.4. The highest BCUT2D eigenvalue weighted by atomic mass is 32.1. The molecule has 2 rings (SSSR count). The van der Waals surface area contributed by atoms with Crippen molar-refractivity contribution in [1.29, 1.82) is 0 Å². The summed E-state index contributed by atoms with van der Waals surface area (Å²) in [5.41, 5.74) is 1.44. The molecule has 0 aromatic carbocycles. The van der Waals surface area contributed by atoms with E-state index in [0.29, 0.717) is 0 Å². The van der Waals surface area contributed by atoms with Crippen LogP contribution in [0.3, 0.4) is 0 Å². The minimum atomic E-state index is 0.721. The Bertz CT molecular complexity index is 318. The summed E-state index contributed by atoms with van der Waals surface area (Å²) in [4.78, 5) is 5.35. The molecule has 0 aliphatic carbocycles. The number of hydrogen-bond donors (Lipinski definition) is 1. The topological polar surface area (TPSA) is 15.3 Å². The van der Waals surface area contributed by atoms with Crippen molar-refractivity contribution in [3.8, 4) is 0 Å². The van der Waals surface area contributed by atoms with Gasteiger partial charge in [-0.25, -0.2) is 0 Å². The van der Waals surface area contributed by atoms with E-state index in [1.165, 1.54) is 41.2 Å². The molecule has 90 valence electrons. The SMILES string of the molecule is Cc1cc(CNC2CCN(C)CC2)sc1C. The molecular formula is C13H22N2S. The molecule has 0 spiro atoms. The predicted octanol–water partition coefficient (Wildman–Crippen LogP) is 2.55. The molecule has 1 aliphatic rings. The van der Waals surface area contributed by atoms with Crippen molar-refractivity contribution >= 4 is 11.3 Å². The summed E-state index contributed by atoms with van der Waals surface area (Å²) >= 11 is 1.93. The maximum absolute atomic E-state index is 3.68. The maximum Gasteiger partial charge on any atom is 0.0302 e. The lowest BCUT2D eigenvalue weighted by Gasteiger charge is -2.29. The predicted molar refractivity (Wildman–Crippen MR) is 71.2 cm³/mol. The monoisotopic (exact) mass is 238 g/mol. The summed E-state index contributed by atoms with van der Waals surface area (Å²) in [6, 6.07) is 3.04. The van der Waals surface area contributed by atoms with E-state index < -0.39 is 0 Å². The van der Waals surface area contributed by atoms with Gasteiger partial charge in [-0.3, -0.25) is 0 Å². The standard InChI is InChI=1S/C13H22N2S/c1-10-8-13(16-11(10)2)9-14-12-4-6-15(3)7-5-12/h8,12,14H,4-7,9H2,1-3H3. The van der Waals surface area contributed by atoms with Crippen LogP contribution in [0.1, 0.15) is 28.2 Å². The molecule has 0 amide bonds. The molecule has 2 heterocycles. The third-order valence-corrected chi connectivity index (χ3v) is 4.65. The minimum Gasteiger partial charge on any atom is -0.309 e. The molecule has 0 radical (unpaired) electrons. The molecule has 0 unspecified atom stereocenters. The van der Waals surface area contributed by atoms with E-state index in [2.05, 4.69) is 37.2 Å². The molecule has 1 aromatic heterocycles. The largest absolute Gasteiger partial charge is 0.309 e. The zero-order valence-electron chi connectivity index (χ0n) is 10.5. The Morgan fingerprint density at radius 1 is 1.38 bits per heavy atom. The fourth-order valence-electron chi connectivity index (χ4n) is 2.19. The van der Waals surface area contributed by atoms with Gasteiger partial charge in [-0.05, 0) is 58.5 Å². The highest BCUT2D eigenvalue weighted by molar-refractivity contribution is 7.12. The Labute approximate surface area is 103 Å². The summed E-state index contributed by atoms with van der Waals surface area (Å²) in [6.07, 6.45) is 2.58. The number of nitrogens with one attached hydrogen (secondary N) is 1. The molecule has 1 aromatic rings. The van der Waals surface area contributed by atoms with Crippen LogP contribution in [0, 0.1) is 13.8 Å². The molecule has 1 N–H and O–H groups in total. The van der Waals surface area contributed by atoms with E-state index in [-0.39, 0.29) is 0 Å². The van der Waals surface area contributed by atoms with Crippen molar-refractivity contribution in [3.05, 3.63) is 21.4 Å². The molecule has 1 aliphatic heterocycles. The Hall–Kier alpha value is -0.380. The van der Waals surface area contributed by atoms with Crippen LogP contribution in [0.25, 0.3) is 0 Å². The van der Waals surface area contributed by atoms with Crippen molar-refractivity contribution in [2.24, 2.45) is 0 Å². The van der Waals surface area contributed by atoms with E-state index in [1.54, 1.807) is 0 Å². The van der Waals surface area contributed by atoms with E-state index >= 15 is 0 Å². The van der Waals surface area contributed by atoms with Crippen LogP contribution in [0.15, 0.2) is 6.07 Å². The first-order valence-electron chi connectivity index (χ1n) is 6.13. The number of thiophene rings is 1. The van der Waals surface area contributed by atoms with Crippen molar-refractivity contribution in [3.63, 3.8) is 0 Å². The summed E-state index contributed by atoms with van der Waals surface area (Å²) in [5.74, 6) is 0. The lowest BCUT2D eigenvalue weighted by Crippen LogP contribution is -2.40. The zero-order chi connectivity index (χ0) is 11.5. The first kappa shape index (κ1) is 12.1. The lowest BCUT2D eigenvalue weighted by molar-refractivity contribution is 0.234. The van der Waals surface area contributed by atoms with Crippen LogP contribution in [0.2, 0.25) is 0 Å². The second-order valence-corrected chi connectivity index (χ2v) is 6.25. The summed E-state index contributed by atoms with van der Waals surface area (Å²) in [7, 11) is 2.21. The van der Waals surface area contributed by atoms with Gasteiger partial charge in [0.25, 0.3) is 0 Å². The van der Waals surface area contributed by atoms with Crippen molar-refractivity contribution in [2.75, 3.05) is 20.1 Å². The summed E-state index contributed by atoms with van der Waals surface area (Å²) in [6.45, 7) is 7.93. The second kappa shape index (κ2) is 5.30. The van der Waals surface area contributed by atoms with Crippen LogP contribution in [-0.2, 0) is 6.54 Å². The fourth-order valence-corrected chi connectivity index (χ4v) is 3.20. The molecule has 2 nitrogen and oxygen atoms in total. The highest BCUT2D eigenvalue weighted by Gasteiger charge is 2.15. The van der Waals surface area contributed by atoms with Crippen LogP contribution < -0.4 is 5.32 Å². The van der Waals surface area contributed by atoms with Crippen LogP contribution in [0.5, 0.6) is 0 Å². The molecule has 3 heteroatoms. The van der Waals surface area contributed by atoms with Gasteiger partial charge < -0.3 is 10.2 Å². The van der Waals surface area contributed by atoms with Gasteiger partial charge >= 0.3 is 0 Å². The lowest BCUT2D eigenvalue weighted by atomic mass is 10.1. The van der Waals surface area contributed by atoms with Gasteiger partial charge in [0.15, 0.2) is 0 Å². The third-order valence-electron chi connectivity index (χ3n) is 3.50. The van der Waals surface area contributed by atoms with Crippen LogP contribution in [0.4, 0.5) is 0 Å². The number of hydrogen-bond acceptors (Lipinski definition) is 3. The molecule has 1 fully saturated rings. The van der Waals surface area contributed by atoms with Gasteiger partial charge in [-0.15, -0.1) is 11.3 Å². The highest BCUT2D eigenvalue weighted by Crippen LogP contribution is 2.20. The van der Waals surface area contributed by atoms with Crippen molar-refractivity contribution in [2.45, 2.75) is 39.3 Å². The van der Waals surface area contributed by atoms with Crippen LogP contribution >= 0.6 is 11.3 Å². The molecule has 0 bridgehead atoms. The fraction of sp³-hybridized carbons (Fsp3) is 0.692. The first-order chi connectivity index (χ1) is 7.65. The van der Waals surface area contributed by atoms with Gasteiger partial charge in [0, 0.05) is 22.3 Å². The van der Waals surface area contributed by atoms with Crippen LogP contribution in [-0.4, -0.2) is 31.1 Å². The summed E-state index contributed by atoms with van der Waals surface area (Å²) in [5, 5.41) is 3.68. The normalized spacial score (nSPS) is 19.2. The molecule has 1 saturated heterocycles. The molecule has 16 heavy (non-hydrogen) atoms. The number of likely N-dealkylation sites (tertiary alicyclic amines) is 1. The Morgan fingerprint density at radius 3 is 2.62 bits per heavy atom. The average molecular weight is 238 g/mol. The van der Waals surface area contributed by atoms with E-state index in [4.69, 9.17) is 0 Å². The molecule has 0 saturated carbocycles. The van der Waals surface area contributed by atoms with Gasteiger partial charge in [-0.1, -0.05) is 0 Å². The third kappa shape index (κ3) is 3.06. The van der Waals surface area contributed by atoms with Gasteiger partial charge in [0.2, 0.25) is 0 Å². The van der Waals surface area contributed by atoms with Gasteiger partial charge in [-0.2, -0.15) is 0 Å². The van der Waals surface area contributed by atoms with E-state index in [9.17, 15) is 0 Å².